The summed E-state index contributed by atoms with van der Waals surface area (Å²) in [7, 11) is -5.06. The van der Waals surface area contributed by atoms with E-state index in [1.807, 2.05) is 0 Å². The molecule has 0 radical (unpaired) electrons. The third-order valence-electron chi connectivity index (χ3n) is 10.1. The van der Waals surface area contributed by atoms with E-state index in [0.717, 1.165) is 57.8 Å². The summed E-state index contributed by atoms with van der Waals surface area (Å²) >= 11 is 0. The highest BCUT2D eigenvalue weighted by Crippen LogP contribution is 2.26. The van der Waals surface area contributed by atoms with Crippen LogP contribution in [0, 0.1) is 0 Å². The Kier molecular flexibility index (Phi) is 32.9. The molecule has 12 nitrogen and oxygen atoms in total. The first-order valence-corrected chi connectivity index (χ1v) is 23.3. The largest absolute Gasteiger partial charge is 0.457 e. The van der Waals surface area contributed by atoms with Gasteiger partial charge in [0.1, 0.15) is 30.5 Å². The molecule has 6 unspecified atom stereocenters. The van der Waals surface area contributed by atoms with Gasteiger partial charge >= 0.3 is 16.4 Å². The lowest BCUT2D eigenvalue weighted by atomic mass is 9.99. The van der Waals surface area contributed by atoms with E-state index in [2.05, 4.69) is 30.2 Å². The lowest BCUT2D eigenvalue weighted by molar-refractivity contribution is -0.301. The van der Waals surface area contributed by atoms with Crippen LogP contribution in [0.5, 0.6) is 0 Å². The summed E-state index contributed by atoms with van der Waals surface area (Å²) in [4.78, 5) is 12.8. The standard InChI is InChI=1S/C42H80O12S/c1-3-5-7-9-11-13-15-17-18-20-22-24-26-28-30-32-50-34-36(35-51-42-40(46)41(54-55(47,48)49)39(45)37(33-43)53-42)52-38(44)31-29-27-25-23-21-19-16-14-12-10-8-6-4-2/h14,16,36-37,39-43,45-46H,3-13,15,17-35H2,1-2H3,(H,47,48,49)/b16-14-. The van der Waals surface area contributed by atoms with Gasteiger partial charge in [0.15, 0.2) is 6.29 Å². The number of rotatable bonds is 38. The van der Waals surface area contributed by atoms with Gasteiger partial charge < -0.3 is 34.3 Å². The average Bonchev–Trinajstić information content (AvgIpc) is 3.15. The number of aliphatic hydroxyl groups is 3. The van der Waals surface area contributed by atoms with E-state index in [0.29, 0.717) is 13.0 Å². The molecule has 4 N–H and O–H groups in total. The number of carbonyl (C=O) groups excluding carboxylic acids is 1. The molecule has 0 amide bonds. The van der Waals surface area contributed by atoms with Gasteiger partial charge in [0.25, 0.3) is 0 Å². The smallest absolute Gasteiger partial charge is 0.397 e. The lowest BCUT2D eigenvalue weighted by Gasteiger charge is -2.41. The number of hydrogen-bond donors (Lipinski definition) is 4. The molecule has 1 fully saturated rings. The first kappa shape index (κ1) is 51.9. The van der Waals surface area contributed by atoms with Gasteiger partial charge in [0.05, 0.1) is 19.8 Å². The maximum Gasteiger partial charge on any atom is 0.397 e. The van der Waals surface area contributed by atoms with Gasteiger partial charge in [-0.1, -0.05) is 154 Å². The molecule has 1 saturated heterocycles. The summed E-state index contributed by atoms with van der Waals surface area (Å²) in [6, 6.07) is 0. The van der Waals surface area contributed by atoms with Crippen LogP contribution in [0.3, 0.4) is 0 Å². The first-order valence-electron chi connectivity index (χ1n) is 21.9. The number of carbonyl (C=O) groups is 1. The van der Waals surface area contributed by atoms with Gasteiger partial charge in [0, 0.05) is 13.0 Å². The molecular formula is C42H80O12S. The predicted octanol–water partition coefficient (Wildman–Crippen LogP) is 8.69. The molecule has 1 aliphatic rings. The van der Waals surface area contributed by atoms with E-state index in [9.17, 15) is 28.5 Å². The minimum atomic E-state index is -5.06. The molecule has 1 aliphatic heterocycles. The van der Waals surface area contributed by atoms with Crippen molar-refractivity contribution >= 4 is 16.4 Å². The Hall–Kier alpha value is -1.16. The zero-order valence-electron chi connectivity index (χ0n) is 34.5. The van der Waals surface area contributed by atoms with E-state index < -0.39 is 59.8 Å². The third kappa shape index (κ3) is 28.8. The Labute approximate surface area is 334 Å². The van der Waals surface area contributed by atoms with E-state index in [1.165, 1.54) is 103 Å². The second-order valence-electron chi connectivity index (χ2n) is 15.3. The normalized spacial score (nSPS) is 21.0. The van der Waals surface area contributed by atoms with Crippen molar-refractivity contribution in [3.8, 4) is 0 Å². The summed E-state index contributed by atoms with van der Waals surface area (Å²) in [5.41, 5.74) is 0. The monoisotopic (exact) mass is 809 g/mol. The number of hydrogen-bond acceptors (Lipinski definition) is 11. The summed E-state index contributed by atoms with van der Waals surface area (Å²) < 4.78 is 59.0. The minimum absolute atomic E-state index is 0.0380. The zero-order valence-corrected chi connectivity index (χ0v) is 35.3. The fourth-order valence-corrected chi connectivity index (χ4v) is 7.29. The van der Waals surface area contributed by atoms with Gasteiger partial charge in [-0.3, -0.25) is 9.35 Å². The van der Waals surface area contributed by atoms with E-state index in [4.69, 9.17) is 23.5 Å². The Morgan fingerprint density at radius 2 is 1.15 bits per heavy atom. The Morgan fingerprint density at radius 1 is 0.673 bits per heavy atom. The molecule has 13 heteroatoms. The SMILES string of the molecule is CCCCCC/C=C\CCCCCCCC(=O)OC(COCCCCCCCCCCCCCCCCC)COC1OC(CO)C(O)C(OS(=O)(=O)O)C1O. The van der Waals surface area contributed by atoms with E-state index in [1.54, 1.807) is 0 Å². The highest BCUT2D eigenvalue weighted by Gasteiger charge is 2.48. The third-order valence-corrected chi connectivity index (χ3v) is 10.6. The van der Waals surface area contributed by atoms with Gasteiger partial charge in [-0.2, -0.15) is 8.42 Å². The number of esters is 1. The summed E-state index contributed by atoms with van der Waals surface area (Å²) in [5.74, 6) is -0.406. The number of ether oxygens (including phenoxy) is 4. The predicted molar refractivity (Wildman–Crippen MR) is 216 cm³/mol. The molecule has 55 heavy (non-hydrogen) atoms. The minimum Gasteiger partial charge on any atom is -0.457 e. The van der Waals surface area contributed by atoms with Crippen molar-refractivity contribution in [2.75, 3.05) is 26.4 Å². The fourth-order valence-electron chi connectivity index (χ4n) is 6.78. The molecule has 6 atom stereocenters. The second kappa shape index (κ2) is 34.8. The molecule has 0 spiro atoms. The zero-order chi connectivity index (χ0) is 40.4. The summed E-state index contributed by atoms with van der Waals surface area (Å²) in [6.07, 6.45) is 26.7. The number of aliphatic hydroxyl groups excluding tert-OH is 3. The summed E-state index contributed by atoms with van der Waals surface area (Å²) in [6.45, 7) is 3.98. The topological polar surface area (TPSA) is 178 Å². The van der Waals surface area contributed by atoms with Crippen molar-refractivity contribution in [3.63, 3.8) is 0 Å². The van der Waals surface area contributed by atoms with Crippen LogP contribution in [0.25, 0.3) is 0 Å². The van der Waals surface area contributed by atoms with Crippen molar-refractivity contribution in [2.24, 2.45) is 0 Å². The van der Waals surface area contributed by atoms with Crippen molar-refractivity contribution in [1.82, 2.24) is 0 Å². The van der Waals surface area contributed by atoms with Gasteiger partial charge in [-0.15, -0.1) is 0 Å². The molecule has 0 saturated carbocycles. The molecule has 326 valence electrons. The van der Waals surface area contributed by atoms with Crippen LogP contribution in [-0.2, 0) is 38.3 Å². The van der Waals surface area contributed by atoms with Crippen LogP contribution >= 0.6 is 0 Å². The Balaban J connectivity index is 2.44. The Morgan fingerprint density at radius 3 is 1.65 bits per heavy atom. The lowest BCUT2D eigenvalue weighted by Crippen LogP contribution is -2.60. The van der Waals surface area contributed by atoms with Gasteiger partial charge in [0.2, 0.25) is 0 Å². The van der Waals surface area contributed by atoms with Crippen LogP contribution in [0.2, 0.25) is 0 Å². The molecule has 1 rings (SSSR count). The van der Waals surface area contributed by atoms with Crippen LogP contribution in [0.1, 0.15) is 187 Å². The van der Waals surface area contributed by atoms with E-state index >= 15 is 0 Å². The highest BCUT2D eigenvalue weighted by atomic mass is 32.3. The second-order valence-corrected chi connectivity index (χ2v) is 16.3. The average molecular weight is 809 g/mol. The highest BCUT2D eigenvalue weighted by molar-refractivity contribution is 7.80. The summed E-state index contributed by atoms with van der Waals surface area (Å²) in [5, 5.41) is 30.6. The van der Waals surface area contributed by atoms with Crippen LogP contribution < -0.4 is 0 Å². The van der Waals surface area contributed by atoms with Crippen molar-refractivity contribution in [1.29, 1.82) is 0 Å². The fraction of sp³-hybridized carbons (Fsp3) is 0.929. The maximum absolute atomic E-state index is 12.8. The maximum atomic E-state index is 12.8. The number of allylic oxidation sites excluding steroid dienone is 2. The number of unbranched alkanes of at least 4 members (excludes halogenated alkanes) is 23. The molecule has 0 aromatic heterocycles. The first-order chi connectivity index (χ1) is 26.6. The quantitative estimate of drug-likeness (QED) is 0.0202. The van der Waals surface area contributed by atoms with Crippen molar-refractivity contribution in [2.45, 2.75) is 224 Å². The van der Waals surface area contributed by atoms with Crippen molar-refractivity contribution in [3.05, 3.63) is 12.2 Å². The molecule has 0 aromatic carbocycles. The van der Waals surface area contributed by atoms with Crippen LogP contribution in [-0.4, -0.2) is 97.5 Å². The molecule has 0 bridgehead atoms. The van der Waals surface area contributed by atoms with Gasteiger partial charge in [-0.05, 0) is 38.5 Å². The van der Waals surface area contributed by atoms with E-state index in [-0.39, 0.29) is 19.6 Å². The van der Waals surface area contributed by atoms with Crippen LogP contribution in [0.4, 0.5) is 0 Å². The molecular weight excluding hydrogens is 729 g/mol. The molecule has 1 heterocycles. The van der Waals surface area contributed by atoms with Crippen LogP contribution in [0.15, 0.2) is 12.2 Å². The Bertz CT molecular complexity index is 1030. The molecule has 0 aliphatic carbocycles. The molecule has 0 aromatic rings. The van der Waals surface area contributed by atoms with Crippen molar-refractivity contribution < 1.29 is 56.2 Å². The van der Waals surface area contributed by atoms with Gasteiger partial charge in [-0.25, -0.2) is 4.18 Å².